The number of fused-ring (bicyclic) bond motifs is 2. The molecule has 6 heteroatoms. The SMILES string of the molecule is O=C(NN1Cc2cc(Br)ccc2C1=O)c1cc2ccccc2[nH]1. The van der Waals surface area contributed by atoms with Gasteiger partial charge in [-0.3, -0.25) is 15.0 Å². The smallest absolute Gasteiger partial charge is 0.286 e. The summed E-state index contributed by atoms with van der Waals surface area (Å²) in [6.07, 6.45) is 0. The maximum atomic E-state index is 12.4. The Balaban J connectivity index is 1.57. The second-order valence-corrected chi connectivity index (χ2v) is 6.32. The van der Waals surface area contributed by atoms with Crippen molar-refractivity contribution in [3.8, 4) is 0 Å². The van der Waals surface area contributed by atoms with Gasteiger partial charge < -0.3 is 4.98 Å². The van der Waals surface area contributed by atoms with Crippen LogP contribution in [0, 0.1) is 0 Å². The number of carbonyl (C=O) groups excluding carboxylic acids is 2. The number of rotatable bonds is 2. The molecule has 3 aromatic rings. The van der Waals surface area contributed by atoms with Crippen LogP contribution in [-0.2, 0) is 6.54 Å². The number of hydrogen-bond acceptors (Lipinski definition) is 2. The highest BCUT2D eigenvalue weighted by atomic mass is 79.9. The van der Waals surface area contributed by atoms with Crippen LogP contribution in [0.5, 0.6) is 0 Å². The number of halogens is 1. The number of amides is 2. The van der Waals surface area contributed by atoms with Gasteiger partial charge in [0.1, 0.15) is 5.69 Å². The summed E-state index contributed by atoms with van der Waals surface area (Å²) in [5, 5.41) is 2.29. The van der Waals surface area contributed by atoms with E-state index in [4.69, 9.17) is 0 Å². The minimum Gasteiger partial charge on any atom is -0.350 e. The number of nitrogens with zero attached hydrogens (tertiary/aromatic N) is 1. The summed E-state index contributed by atoms with van der Waals surface area (Å²) in [7, 11) is 0. The highest BCUT2D eigenvalue weighted by Crippen LogP contribution is 2.25. The number of aromatic nitrogens is 1. The lowest BCUT2D eigenvalue weighted by atomic mass is 10.1. The summed E-state index contributed by atoms with van der Waals surface area (Å²) in [4.78, 5) is 27.8. The maximum absolute atomic E-state index is 12.4. The van der Waals surface area contributed by atoms with Crippen LogP contribution in [0.15, 0.2) is 53.0 Å². The van der Waals surface area contributed by atoms with Crippen LogP contribution in [0.4, 0.5) is 0 Å². The molecule has 2 heterocycles. The zero-order valence-corrected chi connectivity index (χ0v) is 13.6. The molecule has 5 nitrogen and oxygen atoms in total. The molecule has 23 heavy (non-hydrogen) atoms. The van der Waals surface area contributed by atoms with Crippen molar-refractivity contribution in [2.75, 3.05) is 0 Å². The fourth-order valence-corrected chi connectivity index (χ4v) is 3.17. The minimum absolute atomic E-state index is 0.197. The fraction of sp³-hybridized carbons (Fsp3) is 0.0588. The number of para-hydroxylation sites is 1. The van der Waals surface area contributed by atoms with Crippen LogP contribution in [0.1, 0.15) is 26.4 Å². The summed E-state index contributed by atoms with van der Waals surface area (Å²) in [6.45, 7) is 0.361. The molecular weight excluding hydrogens is 358 g/mol. The summed E-state index contributed by atoms with van der Waals surface area (Å²) in [6, 6.07) is 14.9. The summed E-state index contributed by atoms with van der Waals surface area (Å²) >= 11 is 3.39. The first kappa shape index (κ1) is 14.0. The summed E-state index contributed by atoms with van der Waals surface area (Å²) < 4.78 is 0.910. The van der Waals surface area contributed by atoms with E-state index in [2.05, 4.69) is 26.3 Å². The highest BCUT2D eigenvalue weighted by molar-refractivity contribution is 9.10. The lowest BCUT2D eigenvalue weighted by molar-refractivity contribution is 0.0601. The molecule has 0 radical (unpaired) electrons. The van der Waals surface area contributed by atoms with Gasteiger partial charge in [-0.15, -0.1) is 0 Å². The van der Waals surface area contributed by atoms with Gasteiger partial charge in [0, 0.05) is 20.9 Å². The molecule has 2 amide bonds. The van der Waals surface area contributed by atoms with Crippen molar-refractivity contribution in [3.05, 3.63) is 69.8 Å². The average Bonchev–Trinajstić information content (AvgIpc) is 3.09. The average molecular weight is 370 g/mol. The molecule has 1 aromatic heterocycles. The van der Waals surface area contributed by atoms with Crippen LogP contribution in [0.3, 0.4) is 0 Å². The van der Waals surface area contributed by atoms with Crippen molar-refractivity contribution in [2.24, 2.45) is 0 Å². The van der Waals surface area contributed by atoms with Gasteiger partial charge in [0.15, 0.2) is 0 Å². The van der Waals surface area contributed by atoms with Crippen LogP contribution in [0.2, 0.25) is 0 Å². The number of H-pyrrole nitrogens is 1. The zero-order valence-electron chi connectivity index (χ0n) is 12.0. The molecule has 0 fully saturated rings. The van der Waals surface area contributed by atoms with Gasteiger partial charge in [0.25, 0.3) is 11.8 Å². The van der Waals surface area contributed by atoms with Crippen molar-refractivity contribution in [1.29, 1.82) is 0 Å². The van der Waals surface area contributed by atoms with Gasteiger partial charge in [-0.1, -0.05) is 34.1 Å². The Bertz CT molecular complexity index is 915. The lowest BCUT2D eigenvalue weighted by Crippen LogP contribution is -2.42. The van der Waals surface area contributed by atoms with E-state index in [0.717, 1.165) is 20.9 Å². The van der Waals surface area contributed by atoms with E-state index in [-0.39, 0.29) is 11.8 Å². The third-order valence-electron chi connectivity index (χ3n) is 3.88. The Hall–Kier alpha value is -2.60. The predicted octanol–water partition coefficient (Wildman–Crippen LogP) is 3.23. The first-order valence-corrected chi connectivity index (χ1v) is 7.90. The quantitative estimate of drug-likeness (QED) is 0.728. The molecule has 0 saturated heterocycles. The number of hydrogen-bond donors (Lipinski definition) is 2. The summed E-state index contributed by atoms with van der Waals surface area (Å²) in [5.41, 5.74) is 5.49. The van der Waals surface area contributed by atoms with Crippen molar-refractivity contribution in [1.82, 2.24) is 15.4 Å². The van der Waals surface area contributed by atoms with Gasteiger partial charge in [0.05, 0.1) is 6.54 Å². The van der Waals surface area contributed by atoms with Gasteiger partial charge in [-0.2, -0.15) is 0 Å². The van der Waals surface area contributed by atoms with Gasteiger partial charge in [0.2, 0.25) is 0 Å². The molecule has 0 bridgehead atoms. The Kier molecular flexibility index (Phi) is 3.20. The highest BCUT2D eigenvalue weighted by Gasteiger charge is 2.29. The van der Waals surface area contributed by atoms with Crippen LogP contribution < -0.4 is 5.43 Å². The number of carbonyl (C=O) groups is 2. The molecule has 2 N–H and O–H groups in total. The van der Waals surface area contributed by atoms with Gasteiger partial charge in [-0.05, 0) is 35.9 Å². The second-order valence-electron chi connectivity index (χ2n) is 5.40. The van der Waals surface area contributed by atoms with E-state index in [0.29, 0.717) is 17.8 Å². The Morgan fingerprint density at radius 2 is 2.00 bits per heavy atom. The molecule has 0 spiro atoms. The predicted molar refractivity (Wildman–Crippen MR) is 89.8 cm³/mol. The van der Waals surface area contributed by atoms with Crippen LogP contribution >= 0.6 is 15.9 Å². The molecule has 0 saturated carbocycles. The van der Waals surface area contributed by atoms with Crippen molar-refractivity contribution < 1.29 is 9.59 Å². The summed E-state index contributed by atoms with van der Waals surface area (Å²) in [5.74, 6) is -0.529. The standard InChI is InChI=1S/C17H12BrN3O2/c18-12-5-6-13-11(7-12)9-21(17(13)23)20-16(22)15-8-10-3-1-2-4-14(10)19-15/h1-8,19H,9H2,(H,20,22). The van der Waals surface area contributed by atoms with E-state index in [1.165, 1.54) is 5.01 Å². The molecule has 0 atom stereocenters. The molecule has 114 valence electrons. The Morgan fingerprint density at radius 1 is 1.17 bits per heavy atom. The number of benzene rings is 2. The van der Waals surface area contributed by atoms with Gasteiger partial charge in [-0.25, -0.2) is 5.01 Å². The third-order valence-corrected chi connectivity index (χ3v) is 4.38. The minimum atomic E-state index is -0.332. The molecule has 4 rings (SSSR count). The molecule has 1 aliphatic heterocycles. The van der Waals surface area contributed by atoms with Crippen LogP contribution in [-0.4, -0.2) is 21.8 Å². The van der Waals surface area contributed by atoms with Crippen LogP contribution in [0.25, 0.3) is 10.9 Å². The number of hydrazine groups is 1. The fourth-order valence-electron chi connectivity index (χ4n) is 2.76. The molecule has 0 unspecified atom stereocenters. The van der Waals surface area contributed by atoms with Gasteiger partial charge >= 0.3 is 0 Å². The van der Waals surface area contributed by atoms with Crippen molar-refractivity contribution in [2.45, 2.75) is 6.54 Å². The normalized spacial score (nSPS) is 13.4. The van der Waals surface area contributed by atoms with E-state index in [9.17, 15) is 9.59 Å². The first-order chi connectivity index (χ1) is 11.1. The zero-order chi connectivity index (χ0) is 16.0. The van der Waals surface area contributed by atoms with Crippen molar-refractivity contribution >= 4 is 38.6 Å². The van der Waals surface area contributed by atoms with Crippen molar-refractivity contribution in [3.63, 3.8) is 0 Å². The molecule has 1 aliphatic rings. The maximum Gasteiger partial charge on any atom is 0.286 e. The monoisotopic (exact) mass is 369 g/mol. The van der Waals surface area contributed by atoms with E-state index in [1.54, 1.807) is 12.1 Å². The Labute approximate surface area is 140 Å². The second kappa shape index (κ2) is 5.24. The molecule has 2 aromatic carbocycles. The molecular formula is C17H12BrN3O2. The largest absolute Gasteiger partial charge is 0.350 e. The number of aromatic amines is 1. The van der Waals surface area contributed by atoms with E-state index in [1.807, 2.05) is 36.4 Å². The molecule has 0 aliphatic carbocycles. The first-order valence-electron chi connectivity index (χ1n) is 7.11. The van der Waals surface area contributed by atoms with E-state index >= 15 is 0 Å². The number of nitrogens with one attached hydrogen (secondary N) is 2. The topological polar surface area (TPSA) is 65.2 Å². The van der Waals surface area contributed by atoms with E-state index < -0.39 is 0 Å². The third kappa shape index (κ3) is 2.41. The Morgan fingerprint density at radius 3 is 2.83 bits per heavy atom. The lowest BCUT2D eigenvalue weighted by Gasteiger charge is -2.16.